The van der Waals surface area contributed by atoms with Crippen LogP contribution in [0.5, 0.6) is 11.5 Å². The smallest absolute Gasteiger partial charge is 0.258 e. The number of hydrogen-bond acceptors (Lipinski definition) is 7. The van der Waals surface area contributed by atoms with E-state index in [9.17, 15) is 20.0 Å². The van der Waals surface area contributed by atoms with Crippen LogP contribution in [0.15, 0.2) is 23.0 Å². The number of phenolic OH excluding ortho intramolecular Hbond substituents is 1. The fraction of sp³-hybridized carbons (Fsp3) is 0.478. The molecule has 9 nitrogen and oxygen atoms in total. The van der Waals surface area contributed by atoms with Crippen LogP contribution in [0.2, 0.25) is 0 Å². The second-order valence-corrected chi connectivity index (χ2v) is 8.74. The number of carbonyl (C=O) groups excluding carboxylic acids is 1. The maximum Gasteiger partial charge on any atom is 0.258 e. The number of aromatic hydroxyl groups is 1. The highest BCUT2D eigenvalue weighted by Crippen LogP contribution is 2.41. The minimum Gasteiger partial charge on any atom is -0.504 e. The Bertz CT molecular complexity index is 1130. The summed E-state index contributed by atoms with van der Waals surface area (Å²) in [6.07, 6.45) is 1.11. The maximum absolute atomic E-state index is 13.3. The molecule has 1 fully saturated rings. The van der Waals surface area contributed by atoms with Crippen molar-refractivity contribution in [2.24, 2.45) is 17.8 Å². The number of nitrogens with one attached hydrogen (secondary N) is 2. The number of anilines is 2. The third kappa shape index (κ3) is 3.88. The third-order valence-corrected chi connectivity index (χ3v) is 6.06. The summed E-state index contributed by atoms with van der Waals surface area (Å²) in [7, 11) is 0. The molecule has 0 aliphatic carbocycles. The average molecular weight is 438 g/mol. The zero-order valence-corrected chi connectivity index (χ0v) is 18.4. The first-order valence-corrected chi connectivity index (χ1v) is 10.9. The van der Waals surface area contributed by atoms with Crippen LogP contribution in [-0.2, 0) is 4.79 Å². The van der Waals surface area contributed by atoms with Crippen molar-refractivity contribution in [1.29, 1.82) is 5.26 Å². The Labute approximate surface area is 186 Å². The summed E-state index contributed by atoms with van der Waals surface area (Å²) in [5.41, 5.74) is 0.354. The summed E-state index contributed by atoms with van der Waals surface area (Å²) in [6.45, 7) is 7.97. The molecule has 1 aromatic carbocycles. The third-order valence-electron chi connectivity index (χ3n) is 6.06. The lowest BCUT2D eigenvalue weighted by Gasteiger charge is -2.36. The molecule has 2 aromatic rings. The van der Waals surface area contributed by atoms with Gasteiger partial charge in [-0.25, -0.2) is 0 Å². The molecule has 0 bridgehead atoms. The van der Waals surface area contributed by atoms with Crippen molar-refractivity contribution < 1.29 is 14.6 Å². The molecule has 0 radical (unpaired) electrons. The van der Waals surface area contributed by atoms with Crippen molar-refractivity contribution in [3.63, 3.8) is 0 Å². The van der Waals surface area contributed by atoms with E-state index in [0.29, 0.717) is 30.0 Å². The van der Waals surface area contributed by atoms with E-state index in [-0.39, 0.29) is 22.9 Å². The molecule has 9 heteroatoms. The van der Waals surface area contributed by atoms with Gasteiger partial charge in [0.1, 0.15) is 11.7 Å². The standard InChI is InChI=1S/C23H27N5O4/c1-4-32-17-8-14(5-6-16(17)29)18-15(9-24)21(30)25-20-19(18)22(31)27-23(26-20)28-10-12(2)7-13(3)11-28/h5-6,8,12-13,15,18,29H,4,7,10-11H2,1-3H3,(H2,25,26,27,30,31). The number of fused-ring (bicyclic) bond motifs is 1. The molecule has 3 heterocycles. The number of carbonyl (C=O) groups is 1. The number of piperidine rings is 1. The van der Waals surface area contributed by atoms with E-state index in [4.69, 9.17) is 4.74 Å². The summed E-state index contributed by atoms with van der Waals surface area (Å²) in [5.74, 6) is -0.797. The fourth-order valence-corrected chi connectivity index (χ4v) is 4.84. The minimum absolute atomic E-state index is 0.0553. The highest BCUT2D eigenvalue weighted by atomic mass is 16.5. The number of rotatable bonds is 4. The maximum atomic E-state index is 13.3. The molecule has 1 saturated heterocycles. The van der Waals surface area contributed by atoms with Crippen LogP contribution < -0.4 is 20.5 Å². The zero-order valence-electron chi connectivity index (χ0n) is 18.4. The van der Waals surface area contributed by atoms with Crippen LogP contribution in [0, 0.1) is 29.1 Å². The predicted molar refractivity (Wildman–Crippen MR) is 119 cm³/mol. The molecule has 0 saturated carbocycles. The van der Waals surface area contributed by atoms with Gasteiger partial charge >= 0.3 is 0 Å². The van der Waals surface area contributed by atoms with Crippen molar-refractivity contribution in [3.8, 4) is 17.6 Å². The van der Waals surface area contributed by atoms with Gasteiger partial charge in [-0.3, -0.25) is 14.6 Å². The SMILES string of the molecule is CCOc1cc(C2c3c(nc(N4CC(C)CC(C)C4)[nH]c3=O)NC(=O)C2C#N)ccc1O. The molecule has 1 amide bonds. The largest absolute Gasteiger partial charge is 0.504 e. The molecule has 2 aliphatic rings. The second-order valence-electron chi connectivity index (χ2n) is 8.74. The summed E-state index contributed by atoms with van der Waals surface area (Å²) < 4.78 is 5.46. The Kier molecular flexibility index (Phi) is 5.78. The van der Waals surface area contributed by atoms with E-state index in [1.165, 1.54) is 6.07 Å². The quantitative estimate of drug-likeness (QED) is 0.670. The number of amides is 1. The Balaban J connectivity index is 1.82. The number of nitrogens with zero attached hydrogens (tertiary/aromatic N) is 3. The normalized spacial score (nSPS) is 24.9. The van der Waals surface area contributed by atoms with Crippen molar-refractivity contribution in [2.45, 2.75) is 33.1 Å². The summed E-state index contributed by atoms with van der Waals surface area (Å²) in [4.78, 5) is 35.5. The molecular formula is C23H27N5O4. The summed E-state index contributed by atoms with van der Waals surface area (Å²) in [5, 5.41) is 22.4. The number of aromatic amines is 1. The van der Waals surface area contributed by atoms with E-state index >= 15 is 0 Å². The lowest BCUT2D eigenvalue weighted by Crippen LogP contribution is -2.42. The first kappa shape index (κ1) is 21.7. The Morgan fingerprint density at radius 1 is 1.28 bits per heavy atom. The second kappa shape index (κ2) is 8.54. The van der Waals surface area contributed by atoms with Crippen LogP contribution in [0.3, 0.4) is 0 Å². The Hall–Kier alpha value is -3.54. The monoisotopic (exact) mass is 437 g/mol. The average Bonchev–Trinajstić information content (AvgIpc) is 2.73. The molecule has 4 atom stereocenters. The molecule has 4 unspecified atom stereocenters. The number of ether oxygens (including phenoxy) is 1. The molecule has 1 aromatic heterocycles. The van der Waals surface area contributed by atoms with Gasteiger partial charge in [0.05, 0.1) is 18.2 Å². The van der Waals surface area contributed by atoms with Crippen LogP contribution in [0.25, 0.3) is 0 Å². The van der Waals surface area contributed by atoms with E-state index < -0.39 is 23.3 Å². The lowest BCUT2D eigenvalue weighted by atomic mass is 9.79. The van der Waals surface area contributed by atoms with Gasteiger partial charge in [0.15, 0.2) is 11.5 Å². The molecule has 0 spiro atoms. The minimum atomic E-state index is -1.12. The predicted octanol–water partition coefficient (Wildman–Crippen LogP) is 2.58. The van der Waals surface area contributed by atoms with Crippen molar-refractivity contribution in [1.82, 2.24) is 9.97 Å². The molecule has 2 aliphatic heterocycles. The fourth-order valence-electron chi connectivity index (χ4n) is 4.84. The summed E-state index contributed by atoms with van der Waals surface area (Å²) in [6, 6.07) is 6.62. The number of nitriles is 1. The van der Waals surface area contributed by atoms with Gasteiger partial charge in [0, 0.05) is 19.0 Å². The molecular weight excluding hydrogens is 410 g/mol. The number of hydrogen-bond donors (Lipinski definition) is 3. The van der Waals surface area contributed by atoms with Crippen LogP contribution in [-0.4, -0.2) is 40.7 Å². The van der Waals surface area contributed by atoms with E-state index in [1.807, 2.05) is 11.0 Å². The van der Waals surface area contributed by atoms with E-state index in [1.54, 1.807) is 19.1 Å². The number of H-pyrrole nitrogens is 1. The van der Waals surface area contributed by atoms with Crippen molar-refractivity contribution in [2.75, 3.05) is 29.9 Å². The van der Waals surface area contributed by atoms with E-state index in [0.717, 1.165) is 19.5 Å². The number of phenols is 1. The molecule has 4 rings (SSSR count). The zero-order chi connectivity index (χ0) is 23.0. The highest BCUT2D eigenvalue weighted by Gasteiger charge is 2.41. The molecule has 32 heavy (non-hydrogen) atoms. The van der Waals surface area contributed by atoms with Crippen LogP contribution >= 0.6 is 0 Å². The van der Waals surface area contributed by atoms with Crippen molar-refractivity contribution in [3.05, 3.63) is 39.7 Å². The van der Waals surface area contributed by atoms with E-state index in [2.05, 4.69) is 29.1 Å². The van der Waals surface area contributed by atoms with Crippen molar-refractivity contribution >= 4 is 17.7 Å². The Morgan fingerprint density at radius 3 is 2.66 bits per heavy atom. The highest BCUT2D eigenvalue weighted by molar-refractivity contribution is 5.98. The Morgan fingerprint density at radius 2 is 2.00 bits per heavy atom. The van der Waals surface area contributed by atoms with Gasteiger partial charge in [-0.15, -0.1) is 0 Å². The first-order chi connectivity index (χ1) is 15.3. The van der Waals surface area contributed by atoms with Gasteiger partial charge in [-0.1, -0.05) is 19.9 Å². The summed E-state index contributed by atoms with van der Waals surface area (Å²) >= 11 is 0. The lowest BCUT2D eigenvalue weighted by molar-refractivity contribution is -0.119. The number of aromatic nitrogens is 2. The molecule has 3 N–H and O–H groups in total. The topological polar surface area (TPSA) is 131 Å². The molecule has 168 valence electrons. The van der Waals surface area contributed by atoms with Gasteiger partial charge < -0.3 is 20.1 Å². The van der Waals surface area contributed by atoms with Gasteiger partial charge in [-0.05, 0) is 42.9 Å². The first-order valence-electron chi connectivity index (χ1n) is 10.9. The van der Waals surface area contributed by atoms with Gasteiger partial charge in [0.25, 0.3) is 5.56 Å². The van der Waals surface area contributed by atoms with Gasteiger partial charge in [-0.2, -0.15) is 10.2 Å². The van der Waals surface area contributed by atoms with Crippen LogP contribution in [0.4, 0.5) is 11.8 Å². The number of benzene rings is 1. The van der Waals surface area contributed by atoms with Gasteiger partial charge in [0.2, 0.25) is 11.9 Å². The van der Waals surface area contributed by atoms with Crippen LogP contribution in [0.1, 0.15) is 44.2 Å².